The summed E-state index contributed by atoms with van der Waals surface area (Å²) in [4.78, 5) is 0. The lowest BCUT2D eigenvalue weighted by Crippen LogP contribution is -1.80. The molecule has 0 spiro atoms. The Morgan fingerprint density at radius 1 is 0.600 bits per heavy atom. The highest BCUT2D eigenvalue weighted by Gasteiger charge is 1.89. The summed E-state index contributed by atoms with van der Waals surface area (Å²) >= 11 is 6.79. The Morgan fingerprint density at radius 3 is 1.15 bits per heavy atom. The summed E-state index contributed by atoms with van der Waals surface area (Å²) in [5.74, 6) is 0. The van der Waals surface area contributed by atoms with Gasteiger partial charge in [0.25, 0.3) is 0 Å². The lowest BCUT2D eigenvalue weighted by atomic mass is 10.1. The van der Waals surface area contributed by atoms with Crippen LogP contribution in [0.4, 0.5) is 0 Å². The summed E-state index contributed by atoms with van der Waals surface area (Å²) < 4.78 is 2.32. The monoisotopic (exact) mass is 396 g/mol. The number of hydrogen-bond acceptors (Lipinski definition) is 0. The lowest BCUT2D eigenvalue weighted by molar-refractivity contribution is 0.921. The van der Waals surface area contributed by atoms with Crippen molar-refractivity contribution in [3.05, 3.63) is 68.6 Å². The van der Waals surface area contributed by atoms with Crippen LogP contribution in [0.1, 0.15) is 37.8 Å². The Bertz CT molecular complexity index is 424. The van der Waals surface area contributed by atoms with Crippen LogP contribution in [-0.4, -0.2) is 0 Å². The van der Waals surface area contributed by atoms with E-state index in [1.165, 1.54) is 36.8 Å². The van der Waals surface area contributed by atoms with Gasteiger partial charge in [-0.3, -0.25) is 0 Å². The fraction of sp³-hybridized carbons (Fsp3) is 0.333. The minimum atomic E-state index is 1.16. The molecule has 0 atom stereocenters. The topological polar surface area (TPSA) is 0 Å². The number of halogens is 2. The fourth-order valence-corrected chi connectivity index (χ4v) is 2.41. The maximum Gasteiger partial charge on any atom is 0.0175 e. The van der Waals surface area contributed by atoms with E-state index < -0.39 is 0 Å². The molecule has 0 nitrogen and oxygen atoms in total. The molecular formula is C18H22Br2. The highest BCUT2D eigenvalue weighted by atomic mass is 79.9. The van der Waals surface area contributed by atoms with Crippen LogP contribution in [0, 0.1) is 0 Å². The van der Waals surface area contributed by atoms with Crippen molar-refractivity contribution in [3.8, 4) is 0 Å². The van der Waals surface area contributed by atoms with Crippen LogP contribution in [0.25, 0.3) is 0 Å². The lowest BCUT2D eigenvalue weighted by Gasteiger charge is -1.96. The molecule has 20 heavy (non-hydrogen) atoms. The normalized spacial score (nSPS) is 9.80. The van der Waals surface area contributed by atoms with Gasteiger partial charge < -0.3 is 0 Å². The molecule has 0 unspecified atom stereocenters. The van der Waals surface area contributed by atoms with E-state index in [0.717, 1.165) is 8.95 Å². The Morgan fingerprint density at radius 2 is 0.900 bits per heavy atom. The highest BCUT2D eigenvalue weighted by molar-refractivity contribution is 9.10. The van der Waals surface area contributed by atoms with E-state index in [1.54, 1.807) is 0 Å². The number of aryl methyl sites for hydroxylation is 2. The first kappa shape index (κ1) is 17.5. The molecule has 0 aromatic heterocycles. The molecule has 0 bridgehead atoms. The Labute approximate surface area is 139 Å². The number of rotatable bonds is 4. The standard InChI is InChI=1S/2C9H11Br/c2*1-2-3-8-4-6-9(10)7-5-8/h2*4-7H,2-3H2,1H3. The summed E-state index contributed by atoms with van der Waals surface area (Å²) in [6, 6.07) is 17.0. The maximum atomic E-state index is 3.40. The molecule has 0 aliphatic rings. The van der Waals surface area contributed by atoms with E-state index >= 15 is 0 Å². The van der Waals surface area contributed by atoms with E-state index in [2.05, 4.69) is 94.2 Å². The van der Waals surface area contributed by atoms with Gasteiger partial charge in [0.15, 0.2) is 0 Å². The molecule has 2 heteroatoms. The average Bonchev–Trinajstić information content (AvgIpc) is 2.45. The van der Waals surface area contributed by atoms with Crippen molar-refractivity contribution >= 4 is 31.9 Å². The van der Waals surface area contributed by atoms with Gasteiger partial charge in [0.1, 0.15) is 0 Å². The summed E-state index contributed by atoms with van der Waals surface area (Å²) in [7, 11) is 0. The Hall–Kier alpha value is -0.600. The van der Waals surface area contributed by atoms with Crippen LogP contribution in [0.2, 0.25) is 0 Å². The molecule has 0 heterocycles. The van der Waals surface area contributed by atoms with Gasteiger partial charge in [-0.2, -0.15) is 0 Å². The molecule has 0 radical (unpaired) electrons. The van der Waals surface area contributed by atoms with Crippen LogP contribution >= 0.6 is 31.9 Å². The summed E-state index contributed by atoms with van der Waals surface area (Å²) in [5.41, 5.74) is 2.84. The molecule has 0 fully saturated rings. The highest BCUT2D eigenvalue weighted by Crippen LogP contribution is 2.12. The van der Waals surface area contributed by atoms with Crippen LogP contribution in [0.15, 0.2) is 57.5 Å². The smallest absolute Gasteiger partial charge is 0.0175 e. The SMILES string of the molecule is CCCc1ccc(Br)cc1.CCCc1ccc(Br)cc1. The van der Waals surface area contributed by atoms with Gasteiger partial charge in [-0.15, -0.1) is 0 Å². The van der Waals surface area contributed by atoms with Crippen molar-refractivity contribution in [2.75, 3.05) is 0 Å². The minimum Gasteiger partial charge on any atom is -0.0651 e. The van der Waals surface area contributed by atoms with Crippen LogP contribution < -0.4 is 0 Å². The molecule has 108 valence electrons. The van der Waals surface area contributed by atoms with Crippen molar-refractivity contribution in [2.24, 2.45) is 0 Å². The molecule has 0 aliphatic heterocycles. The quantitative estimate of drug-likeness (QED) is 0.531. The fourth-order valence-electron chi connectivity index (χ4n) is 1.88. The number of benzene rings is 2. The van der Waals surface area contributed by atoms with E-state index in [1.807, 2.05) is 0 Å². The van der Waals surface area contributed by atoms with Crippen LogP contribution in [-0.2, 0) is 12.8 Å². The van der Waals surface area contributed by atoms with E-state index in [0.29, 0.717) is 0 Å². The van der Waals surface area contributed by atoms with Gasteiger partial charge in [0.2, 0.25) is 0 Å². The first-order chi connectivity index (χ1) is 9.65. The van der Waals surface area contributed by atoms with Crippen LogP contribution in [0.3, 0.4) is 0 Å². The molecule has 2 aromatic carbocycles. The van der Waals surface area contributed by atoms with Gasteiger partial charge in [0, 0.05) is 8.95 Å². The van der Waals surface area contributed by atoms with Crippen molar-refractivity contribution in [3.63, 3.8) is 0 Å². The molecule has 2 rings (SSSR count). The molecular weight excluding hydrogens is 376 g/mol. The minimum absolute atomic E-state index is 1.16. The van der Waals surface area contributed by atoms with E-state index in [4.69, 9.17) is 0 Å². The first-order valence-corrected chi connectivity index (χ1v) is 8.73. The largest absolute Gasteiger partial charge is 0.0651 e. The number of hydrogen-bond donors (Lipinski definition) is 0. The molecule has 0 saturated carbocycles. The molecule has 0 saturated heterocycles. The maximum absolute atomic E-state index is 3.40. The molecule has 0 amide bonds. The van der Waals surface area contributed by atoms with Gasteiger partial charge in [-0.05, 0) is 48.2 Å². The third kappa shape index (κ3) is 7.25. The van der Waals surface area contributed by atoms with Crippen molar-refractivity contribution in [1.82, 2.24) is 0 Å². The van der Waals surface area contributed by atoms with E-state index in [9.17, 15) is 0 Å². The van der Waals surface area contributed by atoms with Gasteiger partial charge >= 0.3 is 0 Å². The van der Waals surface area contributed by atoms with Crippen molar-refractivity contribution in [2.45, 2.75) is 39.5 Å². The Kier molecular flexibility index (Phi) is 8.88. The Balaban J connectivity index is 0.000000200. The third-order valence-electron chi connectivity index (χ3n) is 2.90. The second-order valence-corrected chi connectivity index (χ2v) is 6.58. The predicted molar refractivity (Wildman–Crippen MR) is 96.3 cm³/mol. The van der Waals surface area contributed by atoms with Crippen LogP contribution in [0.5, 0.6) is 0 Å². The zero-order chi connectivity index (χ0) is 14.8. The summed E-state index contributed by atoms with van der Waals surface area (Å²) in [6.07, 6.45) is 4.82. The zero-order valence-corrected chi connectivity index (χ0v) is 15.4. The van der Waals surface area contributed by atoms with Gasteiger partial charge in [-0.1, -0.05) is 82.8 Å². The second kappa shape index (κ2) is 10.2. The van der Waals surface area contributed by atoms with E-state index in [-0.39, 0.29) is 0 Å². The molecule has 2 aromatic rings. The second-order valence-electron chi connectivity index (χ2n) is 4.75. The zero-order valence-electron chi connectivity index (χ0n) is 12.2. The molecule has 0 aliphatic carbocycles. The summed E-state index contributed by atoms with van der Waals surface area (Å²) in [6.45, 7) is 4.39. The summed E-state index contributed by atoms with van der Waals surface area (Å²) in [5, 5.41) is 0. The predicted octanol–water partition coefficient (Wildman–Crippen LogP) is 6.80. The molecule has 0 N–H and O–H groups in total. The van der Waals surface area contributed by atoms with Gasteiger partial charge in [0.05, 0.1) is 0 Å². The van der Waals surface area contributed by atoms with Crippen molar-refractivity contribution in [1.29, 1.82) is 0 Å². The van der Waals surface area contributed by atoms with Crippen molar-refractivity contribution < 1.29 is 0 Å². The average molecular weight is 398 g/mol. The van der Waals surface area contributed by atoms with Gasteiger partial charge in [-0.25, -0.2) is 0 Å². The first-order valence-electron chi connectivity index (χ1n) is 7.14. The third-order valence-corrected chi connectivity index (χ3v) is 3.96.